The number of hydrogen-bond acceptors (Lipinski definition) is 2. The third-order valence-electron chi connectivity index (χ3n) is 3.03. The molecular formula is C15H14N2O2. The Labute approximate surface area is 111 Å². The molecule has 96 valence electrons. The van der Waals surface area contributed by atoms with Crippen molar-refractivity contribution in [1.82, 2.24) is 10.6 Å². The summed E-state index contributed by atoms with van der Waals surface area (Å²) < 4.78 is 0. The van der Waals surface area contributed by atoms with E-state index in [0.717, 1.165) is 0 Å². The van der Waals surface area contributed by atoms with Crippen molar-refractivity contribution >= 4 is 11.9 Å². The van der Waals surface area contributed by atoms with E-state index in [-0.39, 0.29) is 0 Å². The van der Waals surface area contributed by atoms with Crippen LogP contribution in [0.5, 0.6) is 0 Å². The molecule has 1 fully saturated rings. The number of rotatable bonds is 4. The van der Waals surface area contributed by atoms with Crippen molar-refractivity contribution in [2.75, 3.05) is 0 Å². The fourth-order valence-corrected chi connectivity index (χ4v) is 2.19. The van der Waals surface area contributed by atoms with Crippen LogP contribution < -0.4 is 10.6 Å². The molecule has 1 aliphatic heterocycles. The third kappa shape index (κ3) is 1.97. The molecule has 2 rings (SSSR count). The molecule has 3 amide bonds. The van der Waals surface area contributed by atoms with Crippen LogP contribution in [0, 0.1) is 0 Å². The highest BCUT2D eigenvalue weighted by Crippen LogP contribution is 2.33. The zero-order chi connectivity index (χ0) is 13.9. The number of imide groups is 1. The second-order valence-electron chi connectivity index (χ2n) is 4.09. The summed E-state index contributed by atoms with van der Waals surface area (Å²) in [4.78, 5) is 23.8. The van der Waals surface area contributed by atoms with Crippen LogP contribution in [0.4, 0.5) is 4.79 Å². The lowest BCUT2D eigenvalue weighted by Crippen LogP contribution is -2.45. The summed E-state index contributed by atoms with van der Waals surface area (Å²) in [5, 5.41) is 4.95. The van der Waals surface area contributed by atoms with Gasteiger partial charge in [0.05, 0.1) is 0 Å². The molecule has 1 atom stereocenters. The first kappa shape index (κ1) is 12.8. The van der Waals surface area contributed by atoms with Gasteiger partial charge in [-0.1, -0.05) is 61.7 Å². The summed E-state index contributed by atoms with van der Waals surface area (Å²) in [5.41, 5.74) is -0.00252. The fraction of sp³-hybridized carbons (Fsp3) is 0.0667. The van der Waals surface area contributed by atoms with E-state index >= 15 is 0 Å². The predicted octanol–water partition coefficient (Wildman–Crippen LogP) is 2.02. The number of hydrogen-bond donors (Lipinski definition) is 2. The normalized spacial score (nSPS) is 22.6. The van der Waals surface area contributed by atoms with Gasteiger partial charge >= 0.3 is 6.03 Å². The first-order valence-corrected chi connectivity index (χ1v) is 5.80. The summed E-state index contributed by atoms with van der Waals surface area (Å²) in [5.74, 6) is -0.420. The molecular weight excluding hydrogens is 240 g/mol. The number of nitrogens with one attached hydrogen (secondary N) is 2. The Morgan fingerprint density at radius 1 is 1.16 bits per heavy atom. The summed E-state index contributed by atoms with van der Waals surface area (Å²) in [6.07, 6.45) is 4.75. The molecule has 0 aromatic heterocycles. The standard InChI is InChI=1S/C15H14N2O2/c1-3-8-11(4-2)15(12-9-6-5-7-10-12)13(18)16-14(19)17-15/h3-10H,1-2H2,(H2,16,17,18,19)/b11-8+. The Balaban J connectivity index is 2.67. The first-order valence-electron chi connectivity index (χ1n) is 5.80. The van der Waals surface area contributed by atoms with E-state index in [2.05, 4.69) is 23.8 Å². The molecule has 1 heterocycles. The molecule has 0 spiro atoms. The van der Waals surface area contributed by atoms with Gasteiger partial charge in [-0.05, 0) is 11.1 Å². The third-order valence-corrected chi connectivity index (χ3v) is 3.03. The molecule has 19 heavy (non-hydrogen) atoms. The van der Waals surface area contributed by atoms with E-state index in [1.165, 1.54) is 0 Å². The van der Waals surface area contributed by atoms with Crippen molar-refractivity contribution in [2.45, 2.75) is 5.54 Å². The Hall–Kier alpha value is -2.62. The quantitative estimate of drug-likeness (QED) is 0.638. The van der Waals surface area contributed by atoms with E-state index in [9.17, 15) is 9.59 Å². The maximum Gasteiger partial charge on any atom is 0.322 e. The van der Waals surface area contributed by atoms with Crippen molar-refractivity contribution in [3.05, 3.63) is 72.9 Å². The number of carbonyl (C=O) groups excluding carboxylic acids is 2. The Morgan fingerprint density at radius 3 is 2.32 bits per heavy atom. The molecule has 2 N–H and O–H groups in total. The minimum atomic E-state index is -1.24. The van der Waals surface area contributed by atoms with Gasteiger partial charge in [-0.25, -0.2) is 4.79 Å². The Kier molecular flexibility index (Phi) is 3.33. The molecule has 1 aliphatic rings. The number of benzene rings is 1. The van der Waals surface area contributed by atoms with Crippen molar-refractivity contribution < 1.29 is 9.59 Å². The van der Waals surface area contributed by atoms with Gasteiger partial charge in [-0.15, -0.1) is 0 Å². The van der Waals surface area contributed by atoms with Gasteiger partial charge < -0.3 is 5.32 Å². The van der Waals surface area contributed by atoms with Gasteiger partial charge in [0.1, 0.15) is 0 Å². The molecule has 1 aromatic rings. The molecule has 0 saturated carbocycles. The highest BCUT2D eigenvalue weighted by Gasteiger charge is 2.49. The maximum absolute atomic E-state index is 12.3. The summed E-state index contributed by atoms with van der Waals surface area (Å²) >= 11 is 0. The second kappa shape index (κ2) is 4.94. The van der Waals surface area contributed by atoms with E-state index in [1.807, 2.05) is 18.2 Å². The average Bonchev–Trinajstić information content (AvgIpc) is 2.73. The van der Waals surface area contributed by atoms with Crippen LogP contribution >= 0.6 is 0 Å². The van der Waals surface area contributed by atoms with Crippen molar-refractivity contribution in [1.29, 1.82) is 0 Å². The Bertz CT molecular complexity index is 575. The summed E-state index contributed by atoms with van der Waals surface area (Å²) in [6.45, 7) is 7.33. The lowest BCUT2D eigenvalue weighted by molar-refractivity contribution is -0.122. The van der Waals surface area contributed by atoms with Crippen LogP contribution in [0.15, 0.2) is 67.3 Å². The van der Waals surface area contributed by atoms with Crippen LogP contribution in [0.2, 0.25) is 0 Å². The number of allylic oxidation sites excluding steroid dienone is 2. The van der Waals surface area contributed by atoms with Gasteiger partial charge in [0.25, 0.3) is 5.91 Å². The van der Waals surface area contributed by atoms with Crippen LogP contribution in [0.1, 0.15) is 5.56 Å². The number of urea groups is 1. The van der Waals surface area contributed by atoms with Crippen LogP contribution in [0.25, 0.3) is 0 Å². The van der Waals surface area contributed by atoms with Crippen LogP contribution in [0.3, 0.4) is 0 Å². The molecule has 1 saturated heterocycles. The summed E-state index contributed by atoms with van der Waals surface area (Å²) in [7, 11) is 0. The highest BCUT2D eigenvalue weighted by molar-refractivity contribution is 6.09. The van der Waals surface area contributed by atoms with E-state index in [1.54, 1.807) is 30.4 Å². The van der Waals surface area contributed by atoms with Gasteiger partial charge in [0, 0.05) is 0 Å². The Morgan fingerprint density at radius 2 is 1.84 bits per heavy atom. The number of carbonyl (C=O) groups is 2. The molecule has 1 aromatic carbocycles. The van der Waals surface area contributed by atoms with Gasteiger partial charge in [-0.3, -0.25) is 10.1 Å². The highest BCUT2D eigenvalue weighted by atomic mass is 16.2. The zero-order valence-electron chi connectivity index (χ0n) is 10.3. The van der Waals surface area contributed by atoms with E-state index in [4.69, 9.17) is 0 Å². The maximum atomic E-state index is 12.3. The average molecular weight is 254 g/mol. The molecule has 4 nitrogen and oxygen atoms in total. The number of amides is 3. The SMILES string of the molecule is C=C/C=C(\C=C)C1(c2ccccc2)NC(=O)NC1=O. The van der Waals surface area contributed by atoms with Crippen molar-refractivity contribution in [3.8, 4) is 0 Å². The van der Waals surface area contributed by atoms with Crippen LogP contribution in [-0.4, -0.2) is 11.9 Å². The first-order chi connectivity index (χ1) is 9.15. The minimum absolute atomic E-state index is 0.420. The van der Waals surface area contributed by atoms with E-state index in [0.29, 0.717) is 11.1 Å². The molecule has 0 aliphatic carbocycles. The molecule has 4 heteroatoms. The smallest absolute Gasteiger partial charge is 0.316 e. The monoisotopic (exact) mass is 254 g/mol. The van der Waals surface area contributed by atoms with E-state index < -0.39 is 17.5 Å². The van der Waals surface area contributed by atoms with Crippen molar-refractivity contribution in [2.24, 2.45) is 0 Å². The fourth-order valence-electron chi connectivity index (χ4n) is 2.19. The summed E-state index contributed by atoms with van der Waals surface area (Å²) in [6, 6.07) is 8.51. The largest absolute Gasteiger partial charge is 0.322 e. The van der Waals surface area contributed by atoms with Gasteiger partial charge in [-0.2, -0.15) is 0 Å². The second-order valence-corrected chi connectivity index (χ2v) is 4.09. The predicted molar refractivity (Wildman–Crippen MR) is 73.3 cm³/mol. The lowest BCUT2D eigenvalue weighted by atomic mass is 9.82. The molecule has 0 bridgehead atoms. The molecule has 0 radical (unpaired) electrons. The minimum Gasteiger partial charge on any atom is -0.316 e. The topological polar surface area (TPSA) is 58.2 Å². The molecule has 1 unspecified atom stereocenters. The van der Waals surface area contributed by atoms with Gasteiger partial charge in [0.15, 0.2) is 5.54 Å². The van der Waals surface area contributed by atoms with Crippen molar-refractivity contribution in [3.63, 3.8) is 0 Å². The zero-order valence-corrected chi connectivity index (χ0v) is 10.3. The van der Waals surface area contributed by atoms with Crippen LogP contribution in [-0.2, 0) is 10.3 Å². The lowest BCUT2D eigenvalue weighted by Gasteiger charge is -2.27. The van der Waals surface area contributed by atoms with Gasteiger partial charge in [0.2, 0.25) is 0 Å².